The van der Waals surface area contributed by atoms with Crippen molar-refractivity contribution in [3.8, 4) is 11.5 Å². The van der Waals surface area contributed by atoms with E-state index in [9.17, 15) is 0 Å². The van der Waals surface area contributed by atoms with Crippen LogP contribution in [-0.4, -0.2) is 24.2 Å². The Morgan fingerprint density at radius 3 is 2.67 bits per heavy atom. The third-order valence-corrected chi connectivity index (χ3v) is 3.33. The number of nitrogens with zero attached hydrogens (tertiary/aromatic N) is 2. The van der Waals surface area contributed by atoms with Gasteiger partial charge in [-0.3, -0.25) is 0 Å². The molecule has 1 aromatic heterocycles. The van der Waals surface area contributed by atoms with Crippen LogP contribution in [0.15, 0.2) is 30.5 Å². The topological polar surface area (TPSA) is 56.3 Å². The molecule has 0 spiro atoms. The minimum Gasteiger partial charge on any atom is -0.497 e. The highest BCUT2D eigenvalue weighted by atomic mass is 16.5. The second-order valence-electron chi connectivity index (χ2n) is 4.81. The molecule has 0 aliphatic rings. The molecular weight excluding hydrogens is 266 g/mol. The van der Waals surface area contributed by atoms with Crippen LogP contribution in [0.3, 0.4) is 0 Å². The highest BCUT2D eigenvalue weighted by Crippen LogP contribution is 2.29. The van der Waals surface area contributed by atoms with E-state index in [1.807, 2.05) is 31.2 Å². The Bertz CT molecular complexity index is 602. The lowest BCUT2D eigenvalue weighted by Gasteiger charge is -2.18. The maximum absolute atomic E-state index is 5.43. The van der Waals surface area contributed by atoms with Crippen LogP contribution in [0.2, 0.25) is 0 Å². The fourth-order valence-corrected chi connectivity index (χ4v) is 2.15. The lowest BCUT2D eigenvalue weighted by atomic mass is 10.1. The molecule has 112 valence electrons. The normalized spacial score (nSPS) is 12.0. The molecule has 5 nitrogen and oxygen atoms in total. The van der Waals surface area contributed by atoms with Crippen LogP contribution in [0.1, 0.15) is 30.0 Å². The van der Waals surface area contributed by atoms with Gasteiger partial charge in [-0.25, -0.2) is 9.97 Å². The predicted molar refractivity (Wildman–Crippen MR) is 81.6 cm³/mol. The number of ether oxygens (including phenoxy) is 2. The lowest BCUT2D eigenvalue weighted by Crippen LogP contribution is -2.19. The Labute approximate surface area is 125 Å². The van der Waals surface area contributed by atoms with Gasteiger partial charge in [-0.15, -0.1) is 0 Å². The summed E-state index contributed by atoms with van der Waals surface area (Å²) in [6.07, 6.45) is 1.78. The molecule has 0 aliphatic heterocycles. The molecule has 1 aromatic carbocycles. The van der Waals surface area contributed by atoms with Crippen molar-refractivity contribution < 1.29 is 9.47 Å². The van der Waals surface area contributed by atoms with Gasteiger partial charge in [0.2, 0.25) is 0 Å². The molecule has 0 amide bonds. The van der Waals surface area contributed by atoms with Crippen LogP contribution in [0.5, 0.6) is 11.5 Å². The summed E-state index contributed by atoms with van der Waals surface area (Å²) in [6, 6.07) is 7.90. The van der Waals surface area contributed by atoms with Gasteiger partial charge in [0.1, 0.15) is 17.3 Å². The second kappa shape index (κ2) is 7.04. The summed E-state index contributed by atoms with van der Waals surface area (Å²) in [7, 11) is 3.31. The number of aryl methyl sites for hydroxylation is 1. The summed E-state index contributed by atoms with van der Waals surface area (Å²) in [5.41, 5.74) is 2.06. The van der Waals surface area contributed by atoms with E-state index in [0.29, 0.717) is 6.54 Å². The number of rotatable bonds is 6. The second-order valence-corrected chi connectivity index (χ2v) is 4.81. The average molecular weight is 287 g/mol. The SMILES string of the molecule is COc1ccc(C(C)NCc2ccnc(C)n2)c(OC)c1. The molecule has 0 saturated heterocycles. The Balaban J connectivity index is 2.07. The van der Waals surface area contributed by atoms with E-state index in [2.05, 4.69) is 22.2 Å². The largest absolute Gasteiger partial charge is 0.497 e. The van der Waals surface area contributed by atoms with Crippen molar-refractivity contribution in [2.24, 2.45) is 0 Å². The summed E-state index contributed by atoms with van der Waals surface area (Å²) >= 11 is 0. The quantitative estimate of drug-likeness (QED) is 0.885. The minimum atomic E-state index is 0.140. The van der Waals surface area contributed by atoms with Crippen molar-refractivity contribution in [1.29, 1.82) is 0 Å². The number of aromatic nitrogens is 2. The molecule has 1 unspecified atom stereocenters. The van der Waals surface area contributed by atoms with Gasteiger partial charge in [-0.1, -0.05) is 6.07 Å². The van der Waals surface area contributed by atoms with Gasteiger partial charge in [0.05, 0.1) is 19.9 Å². The number of nitrogens with one attached hydrogen (secondary N) is 1. The van der Waals surface area contributed by atoms with Crippen LogP contribution >= 0.6 is 0 Å². The minimum absolute atomic E-state index is 0.140. The van der Waals surface area contributed by atoms with E-state index in [0.717, 1.165) is 28.6 Å². The zero-order valence-electron chi connectivity index (χ0n) is 12.9. The third-order valence-electron chi connectivity index (χ3n) is 3.33. The highest BCUT2D eigenvalue weighted by Gasteiger charge is 2.12. The molecule has 1 N–H and O–H groups in total. The molecule has 5 heteroatoms. The van der Waals surface area contributed by atoms with Crippen molar-refractivity contribution in [1.82, 2.24) is 15.3 Å². The van der Waals surface area contributed by atoms with Gasteiger partial charge >= 0.3 is 0 Å². The molecule has 1 atom stereocenters. The van der Waals surface area contributed by atoms with Crippen molar-refractivity contribution in [3.05, 3.63) is 47.5 Å². The maximum atomic E-state index is 5.43. The van der Waals surface area contributed by atoms with Crippen LogP contribution in [-0.2, 0) is 6.54 Å². The average Bonchev–Trinajstić information content (AvgIpc) is 2.52. The molecular formula is C16H21N3O2. The number of methoxy groups -OCH3 is 2. The van der Waals surface area contributed by atoms with E-state index in [1.54, 1.807) is 20.4 Å². The highest BCUT2D eigenvalue weighted by molar-refractivity contribution is 5.42. The first kappa shape index (κ1) is 15.3. The maximum Gasteiger partial charge on any atom is 0.127 e. The van der Waals surface area contributed by atoms with Crippen LogP contribution in [0, 0.1) is 6.92 Å². The zero-order valence-corrected chi connectivity index (χ0v) is 12.9. The van der Waals surface area contributed by atoms with Crippen molar-refractivity contribution in [2.45, 2.75) is 26.4 Å². The Kier molecular flexibility index (Phi) is 5.11. The van der Waals surface area contributed by atoms with Crippen molar-refractivity contribution in [3.63, 3.8) is 0 Å². The Morgan fingerprint density at radius 1 is 1.19 bits per heavy atom. The molecule has 2 rings (SSSR count). The Hall–Kier alpha value is -2.14. The fraction of sp³-hybridized carbons (Fsp3) is 0.375. The number of benzene rings is 1. The van der Waals surface area contributed by atoms with E-state index in [-0.39, 0.29) is 6.04 Å². The summed E-state index contributed by atoms with van der Waals surface area (Å²) in [5, 5.41) is 3.44. The first-order valence-electron chi connectivity index (χ1n) is 6.88. The predicted octanol–water partition coefficient (Wildman–Crippen LogP) is 2.65. The molecule has 21 heavy (non-hydrogen) atoms. The molecule has 0 saturated carbocycles. The molecule has 2 aromatic rings. The van der Waals surface area contributed by atoms with Crippen LogP contribution in [0.25, 0.3) is 0 Å². The monoisotopic (exact) mass is 287 g/mol. The first-order valence-corrected chi connectivity index (χ1v) is 6.88. The fourth-order valence-electron chi connectivity index (χ4n) is 2.15. The van der Waals surface area contributed by atoms with Gasteiger partial charge in [-0.2, -0.15) is 0 Å². The van der Waals surface area contributed by atoms with E-state index < -0.39 is 0 Å². The molecule has 1 heterocycles. The third kappa shape index (κ3) is 3.92. The first-order chi connectivity index (χ1) is 10.1. The number of hydrogen-bond donors (Lipinski definition) is 1. The molecule has 0 radical (unpaired) electrons. The van der Waals surface area contributed by atoms with Gasteiger partial charge in [0.15, 0.2) is 0 Å². The summed E-state index contributed by atoms with van der Waals surface area (Å²) in [6.45, 7) is 4.66. The standard InChI is InChI=1S/C16H21N3O2/c1-11(18-10-13-7-8-17-12(2)19-13)15-6-5-14(20-3)9-16(15)21-4/h5-9,11,18H,10H2,1-4H3. The van der Waals surface area contributed by atoms with Crippen LogP contribution in [0.4, 0.5) is 0 Å². The molecule has 0 fully saturated rings. The Morgan fingerprint density at radius 2 is 2.00 bits per heavy atom. The number of hydrogen-bond acceptors (Lipinski definition) is 5. The van der Waals surface area contributed by atoms with Crippen LogP contribution < -0.4 is 14.8 Å². The van der Waals surface area contributed by atoms with Gasteiger partial charge < -0.3 is 14.8 Å². The van der Waals surface area contributed by atoms with Gasteiger partial charge in [0.25, 0.3) is 0 Å². The summed E-state index contributed by atoms with van der Waals surface area (Å²) in [5.74, 6) is 2.38. The van der Waals surface area contributed by atoms with Crippen molar-refractivity contribution in [2.75, 3.05) is 14.2 Å². The van der Waals surface area contributed by atoms with Gasteiger partial charge in [0, 0.05) is 30.4 Å². The lowest BCUT2D eigenvalue weighted by molar-refractivity contribution is 0.385. The molecule has 0 bridgehead atoms. The smallest absolute Gasteiger partial charge is 0.127 e. The van der Waals surface area contributed by atoms with E-state index in [1.165, 1.54) is 0 Å². The zero-order chi connectivity index (χ0) is 15.2. The van der Waals surface area contributed by atoms with E-state index >= 15 is 0 Å². The molecule has 0 aliphatic carbocycles. The summed E-state index contributed by atoms with van der Waals surface area (Å²) in [4.78, 5) is 8.48. The van der Waals surface area contributed by atoms with E-state index in [4.69, 9.17) is 9.47 Å². The van der Waals surface area contributed by atoms with Gasteiger partial charge in [-0.05, 0) is 26.0 Å². The van der Waals surface area contributed by atoms with Crippen molar-refractivity contribution >= 4 is 0 Å². The summed E-state index contributed by atoms with van der Waals surface area (Å²) < 4.78 is 10.7.